The Bertz CT molecular complexity index is 410. The third kappa shape index (κ3) is 2.28. The Morgan fingerprint density at radius 2 is 2.00 bits per heavy atom. The summed E-state index contributed by atoms with van der Waals surface area (Å²) in [6, 6.07) is 0.294. The monoisotopic (exact) mass is 262 g/mol. The molecule has 1 unspecified atom stereocenters. The molecule has 0 aromatic carbocycles. The van der Waals surface area contributed by atoms with Crippen LogP contribution in [-0.4, -0.2) is 34.8 Å². The predicted octanol–water partition coefficient (Wildman–Crippen LogP) is 1.76. The second kappa shape index (κ2) is 4.99. The summed E-state index contributed by atoms with van der Waals surface area (Å²) >= 11 is 0. The van der Waals surface area contributed by atoms with Gasteiger partial charge < -0.3 is 10.2 Å². The fraction of sp³-hybridized carbons (Fsp3) is 0.733. The third-order valence-corrected chi connectivity index (χ3v) is 4.77. The molecule has 3 aliphatic rings. The minimum Gasteiger partial charge on any atom is -0.342 e. The Morgan fingerprint density at radius 3 is 2.68 bits per heavy atom. The van der Waals surface area contributed by atoms with E-state index >= 15 is 0 Å². The lowest BCUT2D eigenvalue weighted by molar-refractivity contribution is -0.140. The van der Waals surface area contributed by atoms with Crippen LogP contribution in [0, 0.1) is 0 Å². The van der Waals surface area contributed by atoms with Crippen LogP contribution < -0.4 is 5.32 Å². The first-order valence-electron chi connectivity index (χ1n) is 7.48. The number of hydrogen-bond acceptors (Lipinski definition) is 2. The number of nitrogens with zero attached hydrogens (tertiary/aromatic N) is 1. The summed E-state index contributed by atoms with van der Waals surface area (Å²) in [5.74, 6) is 0.222. The van der Waals surface area contributed by atoms with E-state index in [2.05, 4.69) is 17.5 Å². The van der Waals surface area contributed by atoms with Crippen molar-refractivity contribution in [3.8, 4) is 0 Å². The van der Waals surface area contributed by atoms with Gasteiger partial charge >= 0.3 is 0 Å². The minimum absolute atomic E-state index is 0.0455. The van der Waals surface area contributed by atoms with Gasteiger partial charge in [0.05, 0.1) is 0 Å². The zero-order chi connectivity index (χ0) is 13.3. The predicted molar refractivity (Wildman–Crippen MR) is 72.5 cm³/mol. The quantitative estimate of drug-likeness (QED) is 0.732. The van der Waals surface area contributed by atoms with Gasteiger partial charge in [0, 0.05) is 19.0 Å². The van der Waals surface area contributed by atoms with E-state index in [4.69, 9.17) is 0 Å². The van der Waals surface area contributed by atoms with Crippen LogP contribution >= 0.6 is 0 Å². The second-order valence-electron chi connectivity index (χ2n) is 6.02. The number of hydrogen-bond donors (Lipinski definition) is 1. The lowest BCUT2D eigenvalue weighted by atomic mass is 9.93. The van der Waals surface area contributed by atoms with Crippen molar-refractivity contribution in [3.05, 3.63) is 12.2 Å². The van der Waals surface area contributed by atoms with Gasteiger partial charge in [0.2, 0.25) is 11.8 Å². The highest BCUT2D eigenvalue weighted by molar-refractivity contribution is 5.94. The van der Waals surface area contributed by atoms with E-state index in [0.29, 0.717) is 19.0 Å². The zero-order valence-corrected chi connectivity index (χ0v) is 11.4. The number of carbonyl (C=O) groups is 2. The summed E-state index contributed by atoms with van der Waals surface area (Å²) in [6.07, 6.45) is 11.6. The van der Waals surface area contributed by atoms with Gasteiger partial charge in [0.15, 0.2) is 0 Å². The van der Waals surface area contributed by atoms with E-state index in [1.54, 1.807) is 0 Å². The van der Waals surface area contributed by atoms with Gasteiger partial charge in [-0.25, -0.2) is 0 Å². The van der Waals surface area contributed by atoms with Gasteiger partial charge in [0.25, 0.3) is 0 Å². The largest absolute Gasteiger partial charge is 0.342 e. The van der Waals surface area contributed by atoms with Gasteiger partial charge in [-0.1, -0.05) is 25.0 Å². The van der Waals surface area contributed by atoms with Crippen LogP contribution in [0.3, 0.4) is 0 Å². The van der Waals surface area contributed by atoms with Crippen LogP contribution in [0.15, 0.2) is 12.2 Å². The van der Waals surface area contributed by atoms with Gasteiger partial charge in [-0.2, -0.15) is 0 Å². The normalized spacial score (nSPS) is 30.5. The van der Waals surface area contributed by atoms with Crippen LogP contribution in [0.5, 0.6) is 0 Å². The molecule has 4 nitrogen and oxygen atoms in total. The van der Waals surface area contributed by atoms with Gasteiger partial charge in [-0.05, 0) is 32.1 Å². The fourth-order valence-electron chi connectivity index (χ4n) is 3.71. The lowest BCUT2D eigenvalue weighted by Gasteiger charge is -2.37. The standard InChI is InChI=1S/C15H22N2O2/c18-13-8-11-17(12-6-2-1-3-7-12)14(19)15(16-13)9-4-5-10-15/h1-2,12H,3-11H2,(H,16,18). The molecule has 3 rings (SSSR count). The molecule has 2 aliphatic carbocycles. The summed E-state index contributed by atoms with van der Waals surface area (Å²) in [4.78, 5) is 26.8. The molecule has 0 radical (unpaired) electrons. The first kappa shape index (κ1) is 12.7. The minimum atomic E-state index is -0.575. The summed E-state index contributed by atoms with van der Waals surface area (Å²) in [5, 5.41) is 3.02. The Balaban J connectivity index is 1.85. The van der Waals surface area contributed by atoms with Crippen molar-refractivity contribution in [2.24, 2.45) is 0 Å². The molecule has 1 spiro atoms. The Kier molecular flexibility index (Phi) is 3.33. The second-order valence-corrected chi connectivity index (χ2v) is 6.02. The van der Waals surface area contributed by atoms with E-state index in [0.717, 1.165) is 44.9 Å². The van der Waals surface area contributed by atoms with Crippen LogP contribution in [0.2, 0.25) is 0 Å². The molecule has 1 N–H and O–H groups in total. The van der Waals surface area contributed by atoms with Crippen molar-refractivity contribution < 1.29 is 9.59 Å². The van der Waals surface area contributed by atoms with Crippen molar-refractivity contribution in [3.63, 3.8) is 0 Å². The summed E-state index contributed by atoms with van der Waals surface area (Å²) in [6.45, 7) is 0.588. The topological polar surface area (TPSA) is 49.4 Å². The van der Waals surface area contributed by atoms with E-state index < -0.39 is 5.54 Å². The van der Waals surface area contributed by atoms with E-state index in [9.17, 15) is 9.59 Å². The average molecular weight is 262 g/mol. The Labute approximate surface area is 114 Å². The average Bonchev–Trinajstić information content (AvgIpc) is 2.85. The number of carbonyl (C=O) groups excluding carboxylic acids is 2. The van der Waals surface area contributed by atoms with E-state index in [-0.39, 0.29) is 11.8 Å². The molecule has 19 heavy (non-hydrogen) atoms. The first-order chi connectivity index (χ1) is 9.21. The highest BCUT2D eigenvalue weighted by Crippen LogP contribution is 2.34. The van der Waals surface area contributed by atoms with Crippen molar-refractivity contribution >= 4 is 11.8 Å². The molecule has 0 bridgehead atoms. The molecule has 1 aliphatic heterocycles. The molecule has 0 aromatic rings. The van der Waals surface area contributed by atoms with Gasteiger partial charge in [-0.3, -0.25) is 9.59 Å². The summed E-state index contributed by atoms with van der Waals surface area (Å²) < 4.78 is 0. The Morgan fingerprint density at radius 1 is 1.21 bits per heavy atom. The SMILES string of the molecule is O=C1CCN(C2CC=CCC2)C(=O)C2(CCCC2)N1. The third-order valence-electron chi connectivity index (χ3n) is 4.77. The van der Waals surface area contributed by atoms with Crippen LogP contribution in [0.25, 0.3) is 0 Å². The number of rotatable bonds is 1. The number of nitrogens with one attached hydrogen (secondary N) is 1. The smallest absolute Gasteiger partial charge is 0.248 e. The molecule has 1 saturated carbocycles. The molecular weight excluding hydrogens is 240 g/mol. The number of allylic oxidation sites excluding steroid dienone is 1. The number of amides is 2. The van der Waals surface area contributed by atoms with Crippen molar-refractivity contribution in [1.29, 1.82) is 0 Å². The molecule has 1 saturated heterocycles. The Hall–Kier alpha value is -1.32. The van der Waals surface area contributed by atoms with Crippen molar-refractivity contribution in [1.82, 2.24) is 10.2 Å². The van der Waals surface area contributed by atoms with Crippen molar-refractivity contribution in [2.75, 3.05) is 6.54 Å². The van der Waals surface area contributed by atoms with Gasteiger partial charge in [0.1, 0.15) is 5.54 Å². The maximum Gasteiger partial charge on any atom is 0.248 e. The highest BCUT2D eigenvalue weighted by atomic mass is 16.2. The molecule has 104 valence electrons. The molecule has 0 aromatic heterocycles. The lowest BCUT2D eigenvalue weighted by Crippen LogP contribution is -2.57. The maximum atomic E-state index is 12.9. The summed E-state index contributed by atoms with van der Waals surface area (Å²) in [5.41, 5.74) is -0.575. The maximum absolute atomic E-state index is 12.9. The van der Waals surface area contributed by atoms with E-state index in [1.165, 1.54) is 0 Å². The van der Waals surface area contributed by atoms with Crippen LogP contribution in [0.4, 0.5) is 0 Å². The fourth-order valence-corrected chi connectivity index (χ4v) is 3.71. The van der Waals surface area contributed by atoms with Crippen molar-refractivity contribution in [2.45, 2.75) is 62.9 Å². The first-order valence-corrected chi connectivity index (χ1v) is 7.48. The molecule has 1 atom stereocenters. The summed E-state index contributed by atoms with van der Waals surface area (Å²) in [7, 11) is 0. The molecule has 4 heteroatoms. The van der Waals surface area contributed by atoms with E-state index in [1.807, 2.05) is 4.90 Å². The molecule has 2 amide bonds. The zero-order valence-electron chi connectivity index (χ0n) is 11.4. The molecule has 1 heterocycles. The molecule has 2 fully saturated rings. The van der Waals surface area contributed by atoms with Gasteiger partial charge in [-0.15, -0.1) is 0 Å². The van der Waals surface area contributed by atoms with Crippen LogP contribution in [0.1, 0.15) is 51.4 Å². The highest BCUT2D eigenvalue weighted by Gasteiger charge is 2.47. The van der Waals surface area contributed by atoms with Crippen LogP contribution in [-0.2, 0) is 9.59 Å². The molecular formula is C15H22N2O2.